The predicted octanol–water partition coefficient (Wildman–Crippen LogP) is 3.50. The van der Waals surface area contributed by atoms with Gasteiger partial charge in [-0.25, -0.2) is 0 Å². The van der Waals surface area contributed by atoms with Gasteiger partial charge in [0.15, 0.2) is 17.3 Å². The van der Waals surface area contributed by atoms with E-state index in [2.05, 4.69) is 12.0 Å². The van der Waals surface area contributed by atoms with Gasteiger partial charge in [0.05, 0.1) is 25.0 Å². The summed E-state index contributed by atoms with van der Waals surface area (Å²) in [5.41, 5.74) is 1.45. The van der Waals surface area contributed by atoms with Gasteiger partial charge in [-0.3, -0.25) is 9.48 Å². The van der Waals surface area contributed by atoms with Crippen molar-refractivity contribution in [1.82, 2.24) is 9.78 Å². The molecule has 0 atom stereocenters. The molecular weight excluding hydrogens is 292 g/mol. The molecular formula is C18H22N2O3. The van der Waals surface area contributed by atoms with Gasteiger partial charge >= 0.3 is 0 Å². The van der Waals surface area contributed by atoms with Crippen molar-refractivity contribution < 1.29 is 14.3 Å². The molecule has 5 heteroatoms. The Hall–Kier alpha value is -2.56. The fourth-order valence-electron chi connectivity index (χ4n) is 2.04. The van der Waals surface area contributed by atoms with Gasteiger partial charge in [0.1, 0.15) is 0 Å². The van der Waals surface area contributed by atoms with Gasteiger partial charge in [-0.1, -0.05) is 19.1 Å². The highest BCUT2D eigenvalue weighted by molar-refractivity contribution is 6.06. The van der Waals surface area contributed by atoms with E-state index >= 15 is 0 Å². The molecule has 0 amide bonds. The van der Waals surface area contributed by atoms with Crippen molar-refractivity contribution in [3.8, 4) is 11.5 Å². The van der Waals surface area contributed by atoms with Gasteiger partial charge in [0.2, 0.25) is 0 Å². The van der Waals surface area contributed by atoms with Crippen molar-refractivity contribution >= 4 is 11.9 Å². The number of allylic oxidation sites excluding steroid dienone is 1. The van der Waals surface area contributed by atoms with Crippen molar-refractivity contribution in [1.29, 1.82) is 0 Å². The monoisotopic (exact) mass is 314 g/mol. The van der Waals surface area contributed by atoms with Crippen LogP contribution in [0.4, 0.5) is 0 Å². The van der Waals surface area contributed by atoms with Crippen LogP contribution in [-0.4, -0.2) is 28.8 Å². The maximum absolute atomic E-state index is 12.1. The van der Waals surface area contributed by atoms with E-state index in [9.17, 15) is 4.79 Å². The van der Waals surface area contributed by atoms with Gasteiger partial charge in [-0.2, -0.15) is 5.10 Å². The molecule has 23 heavy (non-hydrogen) atoms. The van der Waals surface area contributed by atoms with Gasteiger partial charge in [0.25, 0.3) is 0 Å². The minimum atomic E-state index is -0.0811. The first-order valence-electron chi connectivity index (χ1n) is 7.74. The number of ether oxygens (including phenoxy) is 2. The Morgan fingerprint density at radius 1 is 1.26 bits per heavy atom. The summed E-state index contributed by atoms with van der Waals surface area (Å²) >= 11 is 0. The summed E-state index contributed by atoms with van der Waals surface area (Å²) < 4.78 is 12.9. The molecule has 0 fully saturated rings. The molecule has 122 valence electrons. The van der Waals surface area contributed by atoms with Gasteiger partial charge in [-0.05, 0) is 37.1 Å². The number of hydrogen-bond donors (Lipinski definition) is 0. The lowest BCUT2D eigenvalue weighted by Crippen LogP contribution is -2.00. The molecule has 1 aromatic carbocycles. The van der Waals surface area contributed by atoms with Crippen LogP contribution in [0.1, 0.15) is 36.2 Å². The summed E-state index contributed by atoms with van der Waals surface area (Å²) in [6.45, 7) is 5.19. The van der Waals surface area contributed by atoms with E-state index in [0.29, 0.717) is 24.5 Å². The van der Waals surface area contributed by atoms with E-state index in [1.54, 1.807) is 30.2 Å². The Labute approximate surface area is 136 Å². The zero-order chi connectivity index (χ0) is 16.7. The summed E-state index contributed by atoms with van der Waals surface area (Å²) in [5, 5.41) is 4.00. The van der Waals surface area contributed by atoms with Crippen molar-refractivity contribution in [2.45, 2.75) is 20.3 Å². The highest BCUT2D eigenvalue weighted by Gasteiger charge is 2.07. The predicted molar refractivity (Wildman–Crippen MR) is 90.0 cm³/mol. The molecule has 0 radical (unpaired) electrons. The first kappa shape index (κ1) is 16.8. The highest BCUT2D eigenvalue weighted by Crippen LogP contribution is 2.29. The average molecular weight is 314 g/mol. The van der Waals surface area contributed by atoms with Crippen molar-refractivity contribution in [3.63, 3.8) is 0 Å². The largest absolute Gasteiger partial charge is 0.490 e. The number of benzene rings is 1. The van der Waals surface area contributed by atoms with Gasteiger partial charge in [-0.15, -0.1) is 0 Å². The minimum absolute atomic E-state index is 0.0811. The number of carbonyl (C=O) groups excluding carboxylic acids is 1. The number of carbonyl (C=O) groups is 1. The van der Waals surface area contributed by atoms with E-state index in [0.717, 1.165) is 17.7 Å². The maximum atomic E-state index is 12.1. The Morgan fingerprint density at radius 3 is 2.74 bits per heavy atom. The molecule has 0 bridgehead atoms. The molecule has 2 rings (SSSR count). The molecule has 2 aromatic rings. The second-order valence-corrected chi connectivity index (χ2v) is 5.09. The van der Waals surface area contributed by atoms with Gasteiger partial charge in [0, 0.05) is 13.2 Å². The normalized spacial score (nSPS) is 10.9. The minimum Gasteiger partial charge on any atom is -0.490 e. The van der Waals surface area contributed by atoms with Gasteiger partial charge < -0.3 is 9.47 Å². The highest BCUT2D eigenvalue weighted by atomic mass is 16.5. The average Bonchev–Trinajstić information content (AvgIpc) is 2.98. The van der Waals surface area contributed by atoms with Crippen molar-refractivity contribution in [3.05, 3.63) is 47.8 Å². The molecule has 1 heterocycles. The smallest absolute Gasteiger partial charge is 0.189 e. The van der Waals surface area contributed by atoms with E-state index in [-0.39, 0.29) is 5.78 Å². The summed E-state index contributed by atoms with van der Waals surface area (Å²) in [6, 6.07) is 5.65. The topological polar surface area (TPSA) is 53.3 Å². The Balaban J connectivity index is 2.14. The molecule has 0 aliphatic rings. The van der Waals surface area contributed by atoms with E-state index in [1.807, 2.05) is 25.1 Å². The van der Waals surface area contributed by atoms with Crippen LogP contribution in [0.5, 0.6) is 11.5 Å². The van der Waals surface area contributed by atoms with Crippen LogP contribution in [0.15, 0.2) is 36.7 Å². The number of aromatic nitrogens is 2. The molecule has 1 aromatic heterocycles. The summed E-state index contributed by atoms with van der Waals surface area (Å²) in [6.07, 6.45) is 7.49. The second-order valence-electron chi connectivity index (χ2n) is 5.09. The molecule has 0 aliphatic heterocycles. The maximum Gasteiger partial charge on any atom is 0.189 e. The third kappa shape index (κ3) is 4.71. The van der Waals surface area contributed by atoms with Crippen molar-refractivity contribution in [2.24, 2.45) is 7.05 Å². The molecule has 0 unspecified atom stereocenters. The molecule has 5 nitrogen and oxygen atoms in total. The van der Waals surface area contributed by atoms with Crippen LogP contribution in [-0.2, 0) is 7.05 Å². The van der Waals surface area contributed by atoms with Crippen LogP contribution >= 0.6 is 0 Å². The summed E-state index contributed by atoms with van der Waals surface area (Å²) in [7, 11) is 1.78. The lowest BCUT2D eigenvalue weighted by atomic mass is 10.1. The molecule has 0 saturated heterocycles. The quantitative estimate of drug-likeness (QED) is 0.553. The fraction of sp³-hybridized carbons (Fsp3) is 0.333. The third-order valence-corrected chi connectivity index (χ3v) is 3.15. The number of aryl methyl sites for hydroxylation is 1. The number of ketones is 1. The molecule has 0 N–H and O–H groups in total. The number of nitrogens with zero attached hydrogens (tertiary/aromatic N) is 2. The lowest BCUT2D eigenvalue weighted by Gasteiger charge is -2.11. The van der Waals surface area contributed by atoms with Crippen LogP contribution in [0, 0.1) is 0 Å². The van der Waals surface area contributed by atoms with Crippen LogP contribution < -0.4 is 9.47 Å². The molecule has 0 saturated carbocycles. The fourth-order valence-corrected chi connectivity index (χ4v) is 2.04. The van der Waals surface area contributed by atoms with E-state index in [4.69, 9.17) is 9.47 Å². The number of hydrogen-bond acceptors (Lipinski definition) is 4. The second kappa shape index (κ2) is 8.17. The Morgan fingerprint density at radius 2 is 2.09 bits per heavy atom. The summed E-state index contributed by atoms with van der Waals surface area (Å²) in [5.74, 6) is 1.34. The third-order valence-electron chi connectivity index (χ3n) is 3.15. The van der Waals surface area contributed by atoms with Crippen LogP contribution in [0.25, 0.3) is 6.08 Å². The standard InChI is InChI=1S/C18H22N2O3/c1-4-10-23-17-9-7-14(11-18(17)22-5-2)6-8-16(21)15-12-19-20(3)13-15/h6-9,11-13H,4-5,10H2,1-3H3/b8-6+. The molecule has 0 spiro atoms. The zero-order valence-corrected chi connectivity index (χ0v) is 13.8. The Kier molecular flexibility index (Phi) is 5.97. The lowest BCUT2D eigenvalue weighted by molar-refractivity contribution is 0.104. The zero-order valence-electron chi connectivity index (χ0n) is 13.8. The Bertz CT molecular complexity index is 689. The van der Waals surface area contributed by atoms with Crippen LogP contribution in [0.2, 0.25) is 0 Å². The first-order chi connectivity index (χ1) is 11.1. The van der Waals surface area contributed by atoms with E-state index < -0.39 is 0 Å². The van der Waals surface area contributed by atoms with E-state index in [1.165, 1.54) is 6.08 Å². The van der Waals surface area contributed by atoms with Crippen LogP contribution in [0.3, 0.4) is 0 Å². The summed E-state index contributed by atoms with van der Waals surface area (Å²) in [4.78, 5) is 12.1. The molecule has 0 aliphatic carbocycles. The SMILES string of the molecule is CCCOc1ccc(/C=C/C(=O)c2cnn(C)c2)cc1OCC. The van der Waals surface area contributed by atoms with Crippen molar-refractivity contribution in [2.75, 3.05) is 13.2 Å². The number of rotatable bonds is 8. The first-order valence-corrected chi connectivity index (χ1v) is 7.74.